The predicted octanol–water partition coefficient (Wildman–Crippen LogP) is 3.95. The zero-order valence-corrected chi connectivity index (χ0v) is 13.2. The number of pyridine rings is 1. The second-order valence-electron chi connectivity index (χ2n) is 5.24. The van der Waals surface area contributed by atoms with Crippen LogP contribution in [0.25, 0.3) is 0 Å². The fourth-order valence-corrected chi connectivity index (χ4v) is 2.14. The molecule has 3 aromatic rings. The number of halogens is 3. The fraction of sp³-hybridized carbons (Fsp3) is 0.118. The molecular formula is C17H14F3N5. The van der Waals surface area contributed by atoms with Crippen LogP contribution in [0.5, 0.6) is 0 Å². The SMILES string of the molecule is Cc1cc(NCc2ccccn2)nc(Nc2ccc(F)c(F)c2F)n1. The molecule has 0 atom stereocenters. The van der Waals surface area contributed by atoms with E-state index in [1.54, 1.807) is 19.2 Å². The van der Waals surface area contributed by atoms with E-state index in [2.05, 4.69) is 25.6 Å². The van der Waals surface area contributed by atoms with Crippen LogP contribution in [0.2, 0.25) is 0 Å². The van der Waals surface area contributed by atoms with E-state index in [4.69, 9.17) is 0 Å². The summed E-state index contributed by atoms with van der Waals surface area (Å²) >= 11 is 0. The molecule has 0 fully saturated rings. The van der Waals surface area contributed by atoms with Gasteiger partial charge in [0.05, 0.1) is 17.9 Å². The molecule has 25 heavy (non-hydrogen) atoms. The smallest absolute Gasteiger partial charge is 0.229 e. The average Bonchev–Trinajstić information content (AvgIpc) is 2.61. The first-order valence-electron chi connectivity index (χ1n) is 7.43. The van der Waals surface area contributed by atoms with Gasteiger partial charge in [0, 0.05) is 18.0 Å². The van der Waals surface area contributed by atoms with Gasteiger partial charge < -0.3 is 10.6 Å². The molecule has 0 aliphatic carbocycles. The number of nitrogens with one attached hydrogen (secondary N) is 2. The number of benzene rings is 1. The second kappa shape index (κ2) is 7.16. The molecule has 0 aliphatic heterocycles. The maximum atomic E-state index is 13.8. The van der Waals surface area contributed by atoms with Crippen molar-refractivity contribution in [2.24, 2.45) is 0 Å². The number of nitrogens with zero attached hydrogens (tertiary/aromatic N) is 3. The molecule has 0 amide bonds. The third-order valence-corrected chi connectivity index (χ3v) is 3.31. The van der Waals surface area contributed by atoms with Crippen molar-refractivity contribution in [2.45, 2.75) is 13.5 Å². The summed E-state index contributed by atoms with van der Waals surface area (Å²) in [5.41, 5.74) is 1.18. The van der Waals surface area contributed by atoms with Gasteiger partial charge >= 0.3 is 0 Å². The highest BCUT2D eigenvalue weighted by molar-refractivity contribution is 5.56. The van der Waals surface area contributed by atoms with Crippen molar-refractivity contribution < 1.29 is 13.2 Å². The van der Waals surface area contributed by atoms with Gasteiger partial charge in [0.1, 0.15) is 5.82 Å². The van der Waals surface area contributed by atoms with Crippen LogP contribution in [-0.4, -0.2) is 15.0 Å². The molecule has 2 heterocycles. The molecule has 3 rings (SSSR count). The van der Waals surface area contributed by atoms with Gasteiger partial charge in [0.25, 0.3) is 0 Å². The molecule has 0 radical (unpaired) electrons. The van der Waals surface area contributed by atoms with Gasteiger partial charge in [-0.2, -0.15) is 4.98 Å². The first kappa shape index (κ1) is 16.7. The van der Waals surface area contributed by atoms with E-state index in [0.29, 0.717) is 18.1 Å². The summed E-state index contributed by atoms with van der Waals surface area (Å²) in [5, 5.41) is 5.64. The Hall–Kier alpha value is -3.16. The topological polar surface area (TPSA) is 62.7 Å². The van der Waals surface area contributed by atoms with Crippen LogP contribution in [0.3, 0.4) is 0 Å². The summed E-state index contributed by atoms with van der Waals surface area (Å²) in [7, 11) is 0. The Kier molecular flexibility index (Phi) is 4.78. The lowest BCUT2D eigenvalue weighted by molar-refractivity contribution is 0.449. The fourth-order valence-electron chi connectivity index (χ4n) is 2.14. The second-order valence-corrected chi connectivity index (χ2v) is 5.24. The summed E-state index contributed by atoms with van der Waals surface area (Å²) in [4.78, 5) is 12.5. The molecule has 0 spiro atoms. The highest BCUT2D eigenvalue weighted by Gasteiger charge is 2.14. The zero-order chi connectivity index (χ0) is 17.8. The summed E-state index contributed by atoms with van der Waals surface area (Å²) in [6.45, 7) is 2.18. The van der Waals surface area contributed by atoms with Gasteiger partial charge in [-0.25, -0.2) is 18.2 Å². The van der Waals surface area contributed by atoms with Crippen LogP contribution in [0, 0.1) is 24.4 Å². The van der Waals surface area contributed by atoms with Crippen molar-refractivity contribution in [3.63, 3.8) is 0 Å². The summed E-state index contributed by atoms with van der Waals surface area (Å²) in [5.74, 6) is -3.58. The van der Waals surface area contributed by atoms with E-state index in [0.717, 1.165) is 17.8 Å². The highest BCUT2D eigenvalue weighted by Crippen LogP contribution is 2.23. The van der Waals surface area contributed by atoms with Gasteiger partial charge in [0.2, 0.25) is 5.95 Å². The number of rotatable bonds is 5. The minimum absolute atomic E-state index is 0.0634. The Labute approximate surface area is 142 Å². The Bertz CT molecular complexity index is 887. The molecule has 8 heteroatoms. The molecule has 0 saturated carbocycles. The largest absolute Gasteiger partial charge is 0.364 e. The number of hydrogen-bond acceptors (Lipinski definition) is 5. The summed E-state index contributed by atoms with van der Waals surface area (Å²) in [6.07, 6.45) is 1.68. The molecular weight excluding hydrogens is 331 g/mol. The molecule has 1 aromatic carbocycles. The van der Waals surface area contributed by atoms with Gasteiger partial charge in [-0.15, -0.1) is 0 Å². The van der Waals surface area contributed by atoms with Crippen molar-refractivity contribution in [1.29, 1.82) is 0 Å². The number of hydrogen-bond donors (Lipinski definition) is 2. The molecule has 2 N–H and O–H groups in total. The molecule has 0 unspecified atom stereocenters. The Morgan fingerprint density at radius 1 is 1.00 bits per heavy atom. The summed E-state index contributed by atoms with van der Waals surface area (Å²) in [6, 6.07) is 9.16. The van der Waals surface area contributed by atoms with Gasteiger partial charge in [-0.1, -0.05) is 6.07 Å². The Balaban J connectivity index is 1.79. The monoisotopic (exact) mass is 345 g/mol. The predicted molar refractivity (Wildman–Crippen MR) is 87.9 cm³/mol. The summed E-state index contributed by atoms with van der Waals surface area (Å²) < 4.78 is 40.1. The van der Waals surface area contributed by atoms with Crippen LogP contribution in [-0.2, 0) is 6.54 Å². The maximum absolute atomic E-state index is 13.8. The normalized spacial score (nSPS) is 10.6. The third kappa shape index (κ3) is 4.03. The molecule has 0 aliphatic rings. The first-order valence-corrected chi connectivity index (χ1v) is 7.43. The van der Waals surface area contributed by atoms with Gasteiger partial charge in [-0.3, -0.25) is 4.98 Å². The maximum Gasteiger partial charge on any atom is 0.229 e. The Morgan fingerprint density at radius 3 is 2.60 bits per heavy atom. The lowest BCUT2D eigenvalue weighted by atomic mass is 10.3. The number of aromatic nitrogens is 3. The Morgan fingerprint density at radius 2 is 1.84 bits per heavy atom. The lowest BCUT2D eigenvalue weighted by Gasteiger charge is -2.10. The zero-order valence-electron chi connectivity index (χ0n) is 13.2. The van der Waals surface area contributed by atoms with Crippen LogP contribution < -0.4 is 10.6 Å². The van der Waals surface area contributed by atoms with Crippen LogP contribution in [0.1, 0.15) is 11.4 Å². The third-order valence-electron chi connectivity index (χ3n) is 3.31. The highest BCUT2D eigenvalue weighted by atomic mass is 19.2. The van der Waals surface area contributed by atoms with E-state index in [1.807, 2.05) is 18.2 Å². The van der Waals surface area contributed by atoms with E-state index in [1.165, 1.54) is 0 Å². The van der Waals surface area contributed by atoms with Crippen molar-refractivity contribution in [3.05, 3.63) is 71.4 Å². The first-order chi connectivity index (χ1) is 12.0. The molecule has 128 valence electrons. The number of anilines is 3. The van der Waals surface area contributed by atoms with E-state index in [9.17, 15) is 13.2 Å². The van der Waals surface area contributed by atoms with Crippen molar-refractivity contribution in [1.82, 2.24) is 15.0 Å². The van der Waals surface area contributed by atoms with Gasteiger partial charge in [0.15, 0.2) is 17.5 Å². The van der Waals surface area contributed by atoms with Crippen molar-refractivity contribution in [3.8, 4) is 0 Å². The van der Waals surface area contributed by atoms with Crippen molar-refractivity contribution >= 4 is 17.5 Å². The molecule has 0 saturated heterocycles. The lowest BCUT2D eigenvalue weighted by Crippen LogP contribution is -2.07. The standard InChI is InChI=1S/C17H14F3N5/c1-10-8-14(22-9-11-4-2-3-7-21-11)25-17(23-10)24-13-6-5-12(18)15(19)16(13)20/h2-8H,9H2,1H3,(H2,22,23,24,25). The number of aryl methyl sites for hydroxylation is 1. The van der Waals surface area contributed by atoms with Crippen molar-refractivity contribution in [2.75, 3.05) is 10.6 Å². The van der Waals surface area contributed by atoms with Gasteiger partial charge in [-0.05, 0) is 31.2 Å². The average molecular weight is 345 g/mol. The molecule has 5 nitrogen and oxygen atoms in total. The van der Waals surface area contributed by atoms with Crippen LogP contribution in [0.4, 0.5) is 30.6 Å². The van der Waals surface area contributed by atoms with Crippen LogP contribution >= 0.6 is 0 Å². The van der Waals surface area contributed by atoms with Crippen LogP contribution in [0.15, 0.2) is 42.6 Å². The van der Waals surface area contributed by atoms with E-state index >= 15 is 0 Å². The minimum atomic E-state index is -1.55. The molecule has 0 bridgehead atoms. The van der Waals surface area contributed by atoms with E-state index in [-0.39, 0.29) is 11.6 Å². The van der Waals surface area contributed by atoms with E-state index < -0.39 is 17.5 Å². The minimum Gasteiger partial charge on any atom is -0.364 e. The quantitative estimate of drug-likeness (QED) is 0.686. The molecule has 2 aromatic heterocycles.